The molecular formula is C17H32N2O. The van der Waals surface area contributed by atoms with Crippen LogP contribution in [0.1, 0.15) is 70.6 Å². The Morgan fingerprint density at radius 2 is 1.80 bits per heavy atom. The van der Waals surface area contributed by atoms with E-state index >= 15 is 0 Å². The predicted octanol–water partition coefficient (Wildman–Crippen LogP) is 2.58. The molecule has 0 amide bonds. The Bertz CT molecular complexity index is 295. The molecule has 3 heteroatoms. The van der Waals surface area contributed by atoms with Gasteiger partial charge in [0.25, 0.3) is 0 Å². The molecule has 3 aliphatic rings. The normalized spacial score (nSPS) is 38.0. The molecule has 2 saturated carbocycles. The Balaban J connectivity index is 1.50. The van der Waals surface area contributed by atoms with E-state index in [4.69, 9.17) is 0 Å². The molecule has 0 bridgehead atoms. The van der Waals surface area contributed by atoms with E-state index < -0.39 is 5.60 Å². The first-order valence-corrected chi connectivity index (χ1v) is 8.96. The Labute approximate surface area is 123 Å². The highest BCUT2D eigenvalue weighted by molar-refractivity contribution is 4.94. The second-order valence-corrected chi connectivity index (χ2v) is 7.42. The van der Waals surface area contributed by atoms with Gasteiger partial charge in [-0.2, -0.15) is 0 Å². The summed E-state index contributed by atoms with van der Waals surface area (Å²) in [6.07, 6.45) is 13.8. The van der Waals surface area contributed by atoms with Gasteiger partial charge in [0.15, 0.2) is 0 Å². The minimum atomic E-state index is -0.411. The first-order chi connectivity index (χ1) is 9.77. The van der Waals surface area contributed by atoms with E-state index in [0.717, 1.165) is 31.3 Å². The molecule has 0 radical (unpaired) electrons. The van der Waals surface area contributed by atoms with Crippen LogP contribution in [0.4, 0.5) is 0 Å². The van der Waals surface area contributed by atoms with Gasteiger partial charge in [-0.1, -0.05) is 32.1 Å². The summed E-state index contributed by atoms with van der Waals surface area (Å²) in [6.45, 7) is 2.03. The molecule has 3 fully saturated rings. The Hall–Kier alpha value is -0.120. The van der Waals surface area contributed by atoms with Crippen LogP contribution in [0.3, 0.4) is 0 Å². The molecule has 1 saturated heterocycles. The number of aliphatic hydroxyl groups is 1. The van der Waals surface area contributed by atoms with Gasteiger partial charge in [0.2, 0.25) is 0 Å². The highest BCUT2D eigenvalue weighted by Gasteiger charge is 2.36. The number of hydrogen-bond donors (Lipinski definition) is 3. The van der Waals surface area contributed by atoms with Crippen molar-refractivity contribution in [3.63, 3.8) is 0 Å². The van der Waals surface area contributed by atoms with Crippen molar-refractivity contribution in [1.82, 2.24) is 10.6 Å². The minimum absolute atomic E-state index is 0.411. The molecule has 0 aromatic rings. The summed E-state index contributed by atoms with van der Waals surface area (Å²) in [5.74, 6) is 0.794. The van der Waals surface area contributed by atoms with Crippen LogP contribution in [0.5, 0.6) is 0 Å². The summed E-state index contributed by atoms with van der Waals surface area (Å²) < 4.78 is 0. The van der Waals surface area contributed by atoms with Crippen molar-refractivity contribution in [3.8, 4) is 0 Å². The zero-order chi connectivity index (χ0) is 13.8. The number of nitrogens with one attached hydrogen (secondary N) is 2. The van der Waals surface area contributed by atoms with E-state index in [1.54, 1.807) is 0 Å². The molecule has 20 heavy (non-hydrogen) atoms. The second kappa shape index (κ2) is 6.76. The zero-order valence-corrected chi connectivity index (χ0v) is 12.9. The monoisotopic (exact) mass is 280 g/mol. The van der Waals surface area contributed by atoms with E-state index in [2.05, 4.69) is 10.6 Å². The lowest BCUT2D eigenvalue weighted by Crippen LogP contribution is -2.51. The van der Waals surface area contributed by atoms with Crippen molar-refractivity contribution in [1.29, 1.82) is 0 Å². The third-order valence-corrected chi connectivity index (χ3v) is 5.91. The summed E-state index contributed by atoms with van der Waals surface area (Å²) in [4.78, 5) is 0. The molecule has 3 rings (SSSR count). The Morgan fingerprint density at radius 3 is 2.55 bits per heavy atom. The number of piperidine rings is 1. The van der Waals surface area contributed by atoms with Gasteiger partial charge in [0.1, 0.15) is 0 Å². The van der Waals surface area contributed by atoms with E-state index in [1.807, 2.05) is 0 Å². The van der Waals surface area contributed by atoms with Crippen LogP contribution in [-0.4, -0.2) is 35.9 Å². The van der Waals surface area contributed by atoms with Gasteiger partial charge >= 0.3 is 0 Å². The summed E-state index contributed by atoms with van der Waals surface area (Å²) in [5.41, 5.74) is -0.411. The quantitative estimate of drug-likeness (QED) is 0.741. The first-order valence-electron chi connectivity index (χ1n) is 8.96. The molecular weight excluding hydrogens is 248 g/mol. The van der Waals surface area contributed by atoms with Crippen molar-refractivity contribution < 1.29 is 5.11 Å². The van der Waals surface area contributed by atoms with Crippen LogP contribution in [-0.2, 0) is 0 Å². The lowest BCUT2D eigenvalue weighted by Gasteiger charge is -2.37. The first kappa shape index (κ1) is 14.8. The molecule has 1 aliphatic heterocycles. The fourth-order valence-electron chi connectivity index (χ4n) is 4.68. The Kier molecular flexibility index (Phi) is 5.00. The average molecular weight is 280 g/mol. The van der Waals surface area contributed by atoms with Gasteiger partial charge in [-0.05, 0) is 51.0 Å². The summed E-state index contributed by atoms with van der Waals surface area (Å²) in [5, 5.41) is 18.1. The van der Waals surface area contributed by atoms with E-state index in [1.165, 1.54) is 64.3 Å². The lowest BCUT2D eigenvalue weighted by atomic mass is 9.84. The zero-order valence-electron chi connectivity index (χ0n) is 12.9. The number of hydrogen-bond acceptors (Lipinski definition) is 3. The molecule has 2 aliphatic carbocycles. The highest BCUT2D eigenvalue weighted by atomic mass is 16.3. The highest BCUT2D eigenvalue weighted by Crippen LogP contribution is 2.33. The third kappa shape index (κ3) is 3.55. The molecule has 1 heterocycles. The smallest absolute Gasteiger partial charge is 0.0771 e. The predicted molar refractivity (Wildman–Crippen MR) is 82.8 cm³/mol. The van der Waals surface area contributed by atoms with Crippen LogP contribution >= 0.6 is 0 Å². The van der Waals surface area contributed by atoms with Crippen LogP contribution in [0.25, 0.3) is 0 Å². The minimum Gasteiger partial charge on any atom is -0.389 e. The van der Waals surface area contributed by atoms with Crippen LogP contribution in [0.2, 0.25) is 0 Å². The second-order valence-electron chi connectivity index (χ2n) is 7.42. The average Bonchev–Trinajstić information content (AvgIpc) is 2.95. The molecule has 0 aromatic carbocycles. The molecule has 0 aromatic heterocycles. The summed E-state index contributed by atoms with van der Waals surface area (Å²) >= 11 is 0. The fraction of sp³-hybridized carbons (Fsp3) is 1.00. The van der Waals surface area contributed by atoms with Gasteiger partial charge in [0, 0.05) is 18.6 Å². The van der Waals surface area contributed by atoms with E-state index in [0.29, 0.717) is 6.04 Å². The van der Waals surface area contributed by atoms with Gasteiger partial charge in [-0.3, -0.25) is 0 Å². The van der Waals surface area contributed by atoms with Crippen LogP contribution in [0, 0.1) is 5.92 Å². The van der Waals surface area contributed by atoms with Gasteiger partial charge in [0.05, 0.1) is 5.60 Å². The molecule has 3 unspecified atom stereocenters. The van der Waals surface area contributed by atoms with Gasteiger partial charge < -0.3 is 15.7 Å². The topological polar surface area (TPSA) is 44.3 Å². The number of rotatable bonds is 4. The maximum absolute atomic E-state index is 10.7. The van der Waals surface area contributed by atoms with Crippen molar-refractivity contribution in [3.05, 3.63) is 0 Å². The summed E-state index contributed by atoms with van der Waals surface area (Å²) in [6, 6.07) is 1.36. The van der Waals surface area contributed by atoms with Crippen molar-refractivity contribution in [2.45, 2.75) is 88.3 Å². The van der Waals surface area contributed by atoms with Crippen LogP contribution in [0.15, 0.2) is 0 Å². The lowest BCUT2D eigenvalue weighted by molar-refractivity contribution is 0.00103. The maximum Gasteiger partial charge on any atom is 0.0771 e. The fourth-order valence-corrected chi connectivity index (χ4v) is 4.68. The summed E-state index contributed by atoms with van der Waals surface area (Å²) in [7, 11) is 0. The van der Waals surface area contributed by atoms with Crippen LogP contribution < -0.4 is 10.6 Å². The largest absolute Gasteiger partial charge is 0.389 e. The van der Waals surface area contributed by atoms with Gasteiger partial charge in [-0.15, -0.1) is 0 Å². The van der Waals surface area contributed by atoms with Crippen molar-refractivity contribution in [2.24, 2.45) is 5.92 Å². The molecule has 0 spiro atoms. The van der Waals surface area contributed by atoms with E-state index in [-0.39, 0.29) is 0 Å². The standard InChI is InChI=1S/C17H32N2O/c20-17(10-3-1-4-11-17)13-19-16-9-6-7-14(16)15-8-2-5-12-18-15/h14-16,18-20H,1-13H2. The van der Waals surface area contributed by atoms with Gasteiger partial charge in [-0.25, -0.2) is 0 Å². The molecule has 3 atom stereocenters. The Morgan fingerprint density at radius 1 is 0.950 bits per heavy atom. The third-order valence-electron chi connectivity index (χ3n) is 5.91. The van der Waals surface area contributed by atoms with Crippen molar-refractivity contribution in [2.75, 3.05) is 13.1 Å². The van der Waals surface area contributed by atoms with E-state index in [9.17, 15) is 5.11 Å². The molecule has 116 valence electrons. The SMILES string of the molecule is OC1(CNC2CCCC2C2CCCCN2)CCCCC1. The molecule has 3 N–H and O–H groups in total. The molecule has 3 nitrogen and oxygen atoms in total. The maximum atomic E-state index is 10.7. The van der Waals surface area contributed by atoms with Crippen molar-refractivity contribution >= 4 is 0 Å².